The Morgan fingerprint density at radius 2 is 2.20 bits per heavy atom. The maximum Gasteiger partial charge on any atom is 0.245 e. The first-order chi connectivity index (χ1) is 11.6. The number of hydrogen-bond acceptors (Lipinski definition) is 6. The summed E-state index contributed by atoms with van der Waals surface area (Å²) in [7, 11) is -3.83. The molecule has 0 aliphatic carbocycles. The fraction of sp³-hybridized carbons (Fsp3) is 0.471. The summed E-state index contributed by atoms with van der Waals surface area (Å²) in [5.74, 6) is 0.519. The van der Waals surface area contributed by atoms with Crippen LogP contribution in [0.3, 0.4) is 0 Å². The molecule has 1 amide bonds. The molecule has 0 radical (unpaired) electrons. The molecular formula is C17H21N2O5P. The van der Waals surface area contributed by atoms with E-state index in [9.17, 15) is 19.8 Å². The molecule has 0 unspecified atom stereocenters. The smallest absolute Gasteiger partial charge is 0.245 e. The highest BCUT2D eigenvalue weighted by Gasteiger charge is 2.50. The first kappa shape index (κ1) is 18.0. The predicted octanol–water partition coefficient (Wildman–Crippen LogP) is 1.96. The highest BCUT2D eigenvalue weighted by atomic mass is 31.2. The highest BCUT2D eigenvalue weighted by molar-refractivity contribution is 7.57. The Bertz CT molecular complexity index is 795. The van der Waals surface area contributed by atoms with Gasteiger partial charge in [-0.1, -0.05) is 0 Å². The van der Waals surface area contributed by atoms with Gasteiger partial charge in [0.05, 0.1) is 17.7 Å². The van der Waals surface area contributed by atoms with Gasteiger partial charge in [-0.25, -0.2) is 0 Å². The van der Waals surface area contributed by atoms with E-state index in [2.05, 4.69) is 12.4 Å². The van der Waals surface area contributed by atoms with Crippen molar-refractivity contribution in [2.75, 3.05) is 6.54 Å². The molecule has 0 spiro atoms. The van der Waals surface area contributed by atoms with E-state index in [4.69, 9.17) is 9.26 Å². The highest BCUT2D eigenvalue weighted by Crippen LogP contribution is 2.51. The van der Waals surface area contributed by atoms with E-state index in [0.717, 1.165) is 6.42 Å². The third kappa shape index (κ3) is 3.44. The zero-order chi connectivity index (χ0) is 18.4. The first-order valence-electron chi connectivity index (χ1n) is 8.02. The molecule has 8 heteroatoms. The van der Waals surface area contributed by atoms with E-state index in [1.807, 2.05) is 0 Å². The molecule has 1 aromatic carbocycles. The number of nitrogens with zero attached hydrogens (tertiary/aromatic N) is 2. The van der Waals surface area contributed by atoms with E-state index in [-0.39, 0.29) is 5.91 Å². The number of ether oxygens (including phenoxy) is 1. The maximum atomic E-state index is 12.4. The van der Waals surface area contributed by atoms with Crippen LogP contribution in [0.2, 0.25) is 0 Å². The topological polar surface area (TPSA) is 103 Å². The summed E-state index contributed by atoms with van der Waals surface area (Å²) in [6.07, 6.45) is 3.61. The summed E-state index contributed by atoms with van der Waals surface area (Å²) in [5.41, 5.74) is 0.136. The van der Waals surface area contributed by atoms with Gasteiger partial charge >= 0.3 is 0 Å². The van der Waals surface area contributed by atoms with Crippen molar-refractivity contribution in [1.29, 1.82) is 5.26 Å². The van der Waals surface area contributed by atoms with Gasteiger partial charge in [0.25, 0.3) is 0 Å². The first-order valence-corrected chi connectivity index (χ1v) is 9.82. The fourth-order valence-electron chi connectivity index (χ4n) is 3.49. The van der Waals surface area contributed by atoms with E-state index in [0.29, 0.717) is 29.8 Å². The lowest BCUT2D eigenvalue weighted by Crippen LogP contribution is -2.54. The van der Waals surface area contributed by atoms with Gasteiger partial charge in [-0.15, -0.1) is 0 Å². The molecule has 3 rings (SSSR count). The molecule has 1 saturated heterocycles. The largest absolute Gasteiger partial charge is 0.485 e. The predicted molar refractivity (Wildman–Crippen MR) is 92.9 cm³/mol. The minimum Gasteiger partial charge on any atom is -0.485 e. The lowest BCUT2D eigenvalue weighted by atomic mass is 9.85. The lowest BCUT2D eigenvalue weighted by molar-refractivity contribution is -0.138. The van der Waals surface area contributed by atoms with Crippen LogP contribution in [0, 0.1) is 11.3 Å². The van der Waals surface area contributed by atoms with E-state index < -0.39 is 25.3 Å². The molecule has 0 aromatic heterocycles. The maximum absolute atomic E-state index is 12.4. The van der Waals surface area contributed by atoms with Crippen molar-refractivity contribution in [1.82, 2.24) is 4.90 Å². The summed E-state index contributed by atoms with van der Waals surface area (Å²) in [4.78, 5) is 33.7. The Morgan fingerprint density at radius 1 is 1.48 bits per heavy atom. The number of carbonyl (C=O) groups excluding carboxylic acids is 1. The molecule has 2 aliphatic heterocycles. The van der Waals surface area contributed by atoms with Gasteiger partial charge in [0.2, 0.25) is 13.5 Å². The molecular weight excluding hydrogens is 343 g/mol. The number of nitriles is 1. The van der Waals surface area contributed by atoms with Crippen molar-refractivity contribution >= 4 is 19.8 Å². The molecule has 7 nitrogen and oxygen atoms in total. The van der Waals surface area contributed by atoms with Gasteiger partial charge in [-0.2, -0.15) is 5.26 Å². The quantitative estimate of drug-likeness (QED) is 0.795. The molecule has 2 aliphatic rings. The van der Waals surface area contributed by atoms with Crippen LogP contribution >= 0.6 is 7.57 Å². The van der Waals surface area contributed by atoms with Crippen LogP contribution in [0.15, 0.2) is 18.2 Å². The van der Waals surface area contributed by atoms with Crippen molar-refractivity contribution in [3.05, 3.63) is 29.3 Å². The van der Waals surface area contributed by atoms with Gasteiger partial charge in [-0.05, 0) is 44.8 Å². The standard InChI is InChI=1S/C17H21N2O5P/c1-17(2)16(24-25(3,21)22)15(19-8-4-5-14(19)20)12-9-11(10-18)6-7-13(12)23-17/h6-7,9,15-16,21-22H,3-5,8H2,1-2H3/t15-,16+/m0/s1. The van der Waals surface area contributed by atoms with Crippen LogP contribution in [0.25, 0.3) is 0 Å². The third-order valence-corrected chi connectivity index (χ3v) is 5.10. The number of rotatable bonds is 3. The van der Waals surface area contributed by atoms with Crippen molar-refractivity contribution in [3.8, 4) is 11.8 Å². The Kier molecular flexibility index (Phi) is 4.42. The molecule has 2 heterocycles. The number of amides is 1. The Morgan fingerprint density at radius 3 is 2.76 bits per heavy atom. The number of benzene rings is 1. The van der Waals surface area contributed by atoms with E-state index in [1.165, 1.54) is 0 Å². The monoisotopic (exact) mass is 364 g/mol. The Balaban J connectivity index is 2.16. The molecule has 1 aromatic rings. The fourth-order valence-corrected chi connectivity index (χ4v) is 4.22. The molecule has 134 valence electrons. The lowest BCUT2D eigenvalue weighted by Gasteiger charge is -2.47. The average Bonchev–Trinajstić information content (AvgIpc) is 2.92. The summed E-state index contributed by atoms with van der Waals surface area (Å²) in [5, 5.41) is 9.21. The third-order valence-electron chi connectivity index (χ3n) is 4.53. The minimum absolute atomic E-state index is 0.0338. The van der Waals surface area contributed by atoms with Crippen LogP contribution in [0.1, 0.15) is 43.9 Å². The number of likely N-dealkylation sites (tertiary alicyclic amines) is 1. The molecule has 0 saturated carbocycles. The molecule has 25 heavy (non-hydrogen) atoms. The summed E-state index contributed by atoms with van der Waals surface area (Å²) < 4.78 is 11.5. The van der Waals surface area contributed by atoms with Crippen LogP contribution in [-0.4, -0.2) is 45.1 Å². The zero-order valence-corrected chi connectivity index (χ0v) is 15.1. The number of hydrogen-bond donors (Lipinski definition) is 2. The van der Waals surface area contributed by atoms with Crippen LogP contribution in [0.5, 0.6) is 5.75 Å². The van der Waals surface area contributed by atoms with Crippen molar-refractivity contribution < 1.29 is 23.8 Å². The van der Waals surface area contributed by atoms with Gasteiger partial charge in [0.15, 0.2) is 0 Å². The van der Waals surface area contributed by atoms with Crippen LogP contribution in [-0.2, 0) is 9.32 Å². The molecule has 1 fully saturated rings. The van der Waals surface area contributed by atoms with Crippen molar-refractivity contribution in [2.45, 2.75) is 44.4 Å². The van der Waals surface area contributed by atoms with Gasteiger partial charge in [0.1, 0.15) is 17.5 Å². The van der Waals surface area contributed by atoms with Gasteiger partial charge in [0, 0.05) is 18.5 Å². The normalized spacial score (nSPS) is 25.2. The Labute approximate surface area is 146 Å². The molecule has 2 atom stereocenters. The minimum atomic E-state index is -3.83. The second-order valence-electron chi connectivity index (χ2n) is 6.90. The number of carbonyl (C=O) groups is 1. The average molecular weight is 364 g/mol. The summed E-state index contributed by atoms with van der Waals surface area (Å²) in [6, 6.07) is 6.51. The second kappa shape index (κ2) is 6.15. The van der Waals surface area contributed by atoms with Crippen molar-refractivity contribution in [2.24, 2.45) is 0 Å². The van der Waals surface area contributed by atoms with Gasteiger partial charge < -0.3 is 23.9 Å². The van der Waals surface area contributed by atoms with Crippen molar-refractivity contribution in [3.63, 3.8) is 0 Å². The number of fused-ring (bicyclic) bond motifs is 1. The second-order valence-corrected chi connectivity index (χ2v) is 8.44. The SMILES string of the molecule is C=P(O)(O)O[C@@H]1[C@@H](N2CCCC2=O)c2cc(C#N)ccc2OC1(C)C. The van der Waals surface area contributed by atoms with Crippen LogP contribution in [0.4, 0.5) is 0 Å². The van der Waals surface area contributed by atoms with E-state index in [1.54, 1.807) is 36.9 Å². The summed E-state index contributed by atoms with van der Waals surface area (Å²) in [6.45, 7) is 4.07. The van der Waals surface area contributed by atoms with Gasteiger partial charge in [-0.3, -0.25) is 4.79 Å². The summed E-state index contributed by atoms with van der Waals surface area (Å²) >= 11 is 0. The van der Waals surface area contributed by atoms with Crippen LogP contribution < -0.4 is 4.74 Å². The van der Waals surface area contributed by atoms with E-state index >= 15 is 0 Å². The zero-order valence-electron chi connectivity index (χ0n) is 14.2. The molecule has 2 N–H and O–H groups in total. The molecule has 0 bridgehead atoms. The Hall–Kier alpha value is -1.84.